The zero-order chi connectivity index (χ0) is 20.5. The van der Waals surface area contributed by atoms with E-state index in [9.17, 15) is 14.4 Å². The number of carbonyl (C=O) groups excluding carboxylic acids is 3. The lowest BCUT2D eigenvalue weighted by Gasteiger charge is -2.29. The van der Waals surface area contributed by atoms with Crippen molar-refractivity contribution in [3.05, 3.63) is 24.3 Å². The number of hydrogen-bond donors (Lipinski definition) is 3. The molecule has 0 aromatic heterocycles. The quantitative estimate of drug-likeness (QED) is 0.626. The van der Waals surface area contributed by atoms with E-state index in [0.717, 1.165) is 24.9 Å². The van der Waals surface area contributed by atoms with Gasteiger partial charge < -0.3 is 20.7 Å². The first-order valence-electron chi connectivity index (χ1n) is 9.66. The number of amides is 4. The SMILES string of the molecule is COc1ccc(N(CCC(N)=O)CC(=O)NC(=O)N[C@@H]2CCCC[C@@H]2C)cc1. The van der Waals surface area contributed by atoms with E-state index in [0.29, 0.717) is 11.7 Å². The van der Waals surface area contributed by atoms with Crippen molar-refractivity contribution >= 4 is 23.5 Å². The maximum atomic E-state index is 12.4. The Kier molecular flexibility index (Phi) is 8.10. The molecule has 4 amide bonds. The molecule has 1 aromatic rings. The highest BCUT2D eigenvalue weighted by Crippen LogP contribution is 2.23. The van der Waals surface area contributed by atoms with E-state index in [1.165, 1.54) is 6.42 Å². The maximum Gasteiger partial charge on any atom is 0.321 e. The van der Waals surface area contributed by atoms with Crippen LogP contribution in [-0.2, 0) is 9.59 Å². The van der Waals surface area contributed by atoms with E-state index in [-0.39, 0.29) is 25.6 Å². The Labute approximate surface area is 165 Å². The summed E-state index contributed by atoms with van der Waals surface area (Å²) in [5.74, 6) is 0.189. The lowest BCUT2D eigenvalue weighted by molar-refractivity contribution is -0.120. The van der Waals surface area contributed by atoms with Crippen molar-refractivity contribution in [3.8, 4) is 5.75 Å². The van der Waals surface area contributed by atoms with Gasteiger partial charge in [0.2, 0.25) is 11.8 Å². The number of ether oxygens (including phenoxy) is 1. The summed E-state index contributed by atoms with van der Waals surface area (Å²) in [7, 11) is 1.57. The van der Waals surface area contributed by atoms with Gasteiger partial charge in [0, 0.05) is 24.7 Å². The fourth-order valence-corrected chi connectivity index (χ4v) is 3.41. The monoisotopic (exact) mass is 390 g/mol. The van der Waals surface area contributed by atoms with Gasteiger partial charge in [0.25, 0.3) is 0 Å². The Morgan fingerprint density at radius 2 is 1.86 bits per heavy atom. The number of rotatable bonds is 8. The van der Waals surface area contributed by atoms with Crippen LogP contribution in [-0.4, -0.2) is 44.1 Å². The molecule has 2 rings (SSSR count). The fourth-order valence-electron chi connectivity index (χ4n) is 3.41. The van der Waals surface area contributed by atoms with Crippen LogP contribution in [0.5, 0.6) is 5.75 Å². The number of nitrogens with zero attached hydrogens (tertiary/aromatic N) is 1. The van der Waals surface area contributed by atoms with Crippen LogP contribution >= 0.6 is 0 Å². The summed E-state index contributed by atoms with van der Waals surface area (Å²) in [6.45, 7) is 2.32. The van der Waals surface area contributed by atoms with E-state index in [2.05, 4.69) is 17.6 Å². The van der Waals surface area contributed by atoms with Gasteiger partial charge in [-0.3, -0.25) is 14.9 Å². The van der Waals surface area contributed by atoms with Crippen LogP contribution in [0.25, 0.3) is 0 Å². The van der Waals surface area contributed by atoms with Crippen LogP contribution in [0.3, 0.4) is 0 Å². The molecular formula is C20H30N4O4. The van der Waals surface area contributed by atoms with Crippen LogP contribution in [0.4, 0.5) is 10.5 Å². The summed E-state index contributed by atoms with van der Waals surface area (Å²) in [5.41, 5.74) is 5.98. The smallest absolute Gasteiger partial charge is 0.321 e. The lowest BCUT2D eigenvalue weighted by atomic mass is 9.86. The Hall–Kier alpha value is -2.77. The molecule has 154 valence electrons. The zero-order valence-corrected chi connectivity index (χ0v) is 16.6. The molecule has 1 aliphatic carbocycles. The average molecular weight is 390 g/mol. The molecular weight excluding hydrogens is 360 g/mol. The average Bonchev–Trinajstić information content (AvgIpc) is 2.67. The Morgan fingerprint density at radius 3 is 2.46 bits per heavy atom. The van der Waals surface area contributed by atoms with Crippen LogP contribution in [0.1, 0.15) is 39.0 Å². The highest BCUT2D eigenvalue weighted by Gasteiger charge is 2.23. The number of nitrogens with two attached hydrogens (primary N) is 1. The first-order valence-corrected chi connectivity index (χ1v) is 9.66. The number of methoxy groups -OCH3 is 1. The Balaban J connectivity index is 1.94. The van der Waals surface area contributed by atoms with Crippen LogP contribution in [0.15, 0.2) is 24.3 Å². The van der Waals surface area contributed by atoms with Gasteiger partial charge in [-0.1, -0.05) is 19.8 Å². The molecule has 0 spiro atoms. The third kappa shape index (κ3) is 6.75. The predicted molar refractivity (Wildman–Crippen MR) is 107 cm³/mol. The first-order chi connectivity index (χ1) is 13.4. The molecule has 1 aromatic carbocycles. The molecule has 1 fully saturated rings. The van der Waals surface area contributed by atoms with Crippen molar-refractivity contribution in [3.63, 3.8) is 0 Å². The third-order valence-corrected chi connectivity index (χ3v) is 5.08. The van der Waals surface area contributed by atoms with Crippen molar-refractivity contribution < 1.29 is 19.1 Å². The molecule has 1 saturated carbocycles. The summed E-state index contributed by atoms with van der Waals surface area (Å²) in [6.07, 6.45) is 4.37. The summed E-state index contributed by atoms with van der Waals surface area (Å²) >= 11 is 0. The van der Waals surface area contributed by atoms with Crippen molar-refractivity contribution in [1.82, 2.24) is 10.6 Å². The summed E-state index contributed by atoms with van der Waals surface area (Å²) < 4.78 is 5.14. The lowest BCUT2D eigenvalue weighted by Crippen LogP contribution is -2.50. The molecule has 0 unspecified atom stereocenters. The zero-order valence-electron chi connectivity index (χ0n) is 16.6. The second-order valence-electron chi connectivity index (χ2n) is 7.23. The van der Waals surface area contributed by atoms with Gasteiger partial charge in [0.1, 0.15) is 5.75 Å². The molecule has 4 N–H and O–H groups in total. The summed E-state index contributed by atoms with van der Waals surface area (Å²) in [6, 6.07) is 6.72. The minimum atomic E-state index is -0.478. The van der Waals surface area contributed by atoms with E-state index >= 15 is 0 Å². The van der Waals surface area contributed by atoms with E-state index in [4.69, 9.17) is 10.5 Å². The molecule has 8 heteroatoms. The van der Waals surface area contributed by atoms with Crippen molar-refractivity contribution in [2.45, 2.75) is 45.1 Å². The number of nitrogens with one attached hydrogen (secondary N) is 2. The molecule has 0 radical (unpaired) electrons. The molecule has 0 bridgehead atoms. The van der Waals surface area contributed by atoms with Crippen molar-refractivity contribution in [2.75, 3.05) is 25.1 Å². The normalized spacial score (nSPS) is 18.8. The second-order valence-corrected chi connectivity index (χ2v) is 7.23. The van der Waals surface area contributed by atoms with E-state index in [1.807, 2.05) is 0 Å². The summed E-state index contributed by atoms with van der Waals surface area (Å²) in [5, 5.41) is 5.28. The van der Waals surface area contributed by atoms with Gasteiger partial charge in [-0.2, -0.15) is 0 Å². The fraction of sp³-hybridized carbons (Fsp3) is 0.550. The topological polar surface area (TPSA) is 114 Å². The molecule has 8 nitrogen and oxygen atoms in total. The van der Waals surface area contributed by atoms with Gasteiger partial charge in [0.15, 0.2) is 0 Å². The number of anilines is 1. The minimum absolute atomic E-state index is 0.0623. The Bertz CT molecular complexity index is 677. The predicted octanol–water partition coefficient (Wildman–Crippen LogP) is 1.78. The number of urea groups is 1. The van der Waals surface area contributed by atoms with Gasteiger partial charge in [-0.25, -0.2) is 4.79 Å². The number of imide groups is 1. The van der Waals surface area contributed by atoms with Gasteiger partial charge in [-0.05, 0) is 43.0 Å². The van der Waals surface area contributed by atoms with Gasteiger partial charge in [0.05, 0.1) is 13.7 Å². The van der Waals surface area contributed by atoms with Gasteiger partial charge >= 0.3 is 6.03 Å². The largest absolute Gasteiger partial charge is 0.497 e. The van der Waals surface area contributed by atoms with Gasteiger partial charge in [-0.15, -0.1) is 0 Å². The number of benzene rings is 1. The molecule has 0 heterocycles. The van der Waals surface area contributed by atoms with Crippen LogP contribution < -0.4 is 26.0 Å². The molecule has 1 aliphatic rings. The first kappa shape index (κ1) is 21.5. The second kappa shape index (κ2) is 10.5. The number of hydrogen-bond acceptors (Lipinski definition) is 5. The molecule has 28 heavy (non-hydrogen) atoms. The molecule has 2 atom stereocenters. The van der Waals surface area contributed by atoms with Crippen LogP contribution in [0, 0.1) is 5.92 Å². The Morgan fingerprint density at radius 1 is 1.18 bits per heavy atom. The standard InChI is InChI=1S/C20H30N4O4/c1-14-5-3-4-6-17(14)22-20(27)23-19(26)13-24(12-11-18(21)25)15-7-9-16(28-2)10-8-15/h7-10,14,17H,3-6,11-13H2,1-2H3,(H2,21,25)(H2,22,23,26,27)/t14-,17+/m0/s1. The number of carbonyl (C=O) groups is 3. The van der Waals surface area contributed by atoms with Crippen LogP contribution in [0.2, 0.25) is 0 Å². The third-order valence-electron chi connectivity index (χ3n) is 5.08. The molecule has 0 aliphatic heterocycles. The minimum Gasteiger partial charge on any atom is -0.497 e. The van der Waals surface area contributed by atoms with Crippen molar-refractivity contribution in [2.24, 2.45) is 11.7 Å². The maximum absolute atomic E-state index is 12.4. The van der Waals surface area contributed by atoms with Crippen molar-refractivity contribution in [1.29, 1.82) is 0 Å². The summed E-state index contributed by atoms with van der Waals surface area (Å²) in [4.78, 5) is 37.4. The highest BCUT2D eigenvalue weighted by molar-refractivity contribution is 5.96. The van der Waals surface area contributed by atoms with E-state index in [1.54, 1.807) is 36.3 Å². The van der Waals surface area contributed by atoms with E-state index < -0.39 is 17.8 Å². The number of primary amides is 1. The highest BCUT2D eigenvalue weighted by atomic mass is 16.5. The molecule has 0 saturated heterocycles.